The third-order valence-electron chi connectivity index (χ3n) is 4.62. The van der Waals surface area contributed by atoms with E-state index < -0.39 is 12.1 Å². The summed E-state index contributed by atoms with van der Waals surface area (Å²) in [6.07, 6.45) is 2.96. The third-order valence-corrected chi connectivity index (χ3v) is 5.62. The summed E-state index contributed by atoms with van der Waals surface area (Å²) in [6.45, 7) is 4.16. The Morgan fingerprint density at radius 1 is 1.14 bits per heavy atom. The first kappa shape index (κ1) is 20.7. The molecule has 2 atom stereocenters. The zero-order valence-corrected chi connectivity index (χ0v) is 17.3. The van der Waals surface area contributed by atoms with E-state index in [2.05, 4.69) is 29.4 Å². The Morgan fingerprint density at radius 2 is 1.86 bits per heavy atom. The second-order valence-corrected chi connectivity index (χ2v) is 7.76. The summed E-state index contributed by atoms with van der Waals surface area (Å²) >= 11 is 1.49. The number of rotatable bonds is 8. The number of para-hydroxylation sites is 1. The van der Waals surface area contributed by atoms with Crippen LogP contribution < -0.4 is 5.32 Å². The molecule has 150 valence electrons. The van der Waals surface area contributed by atoms with Gasteiger partial charge in [0.05, 0.1) is 10.2 Å². The van der Waals surface area contributed by atoms with Crippen LogP contribution in [0, 0.1) is 0 Å². The summed E-state index contributed by atoms with van der Waals surface area (Å²) in [5.74, 6) is -0.648. The SMILES string of the molecule is CC[C@@H](CNC(=O)[C@@H](C)OC(=O)/C=C/c1nc2ccccc2s1)c1ccccc1. The zero-order valence-electron chi connectivity index (χ0n) is 16.5. The highest BCUT2D eigenvalue weighted by Crippen LogP contribution is 2.22. The topological polar surface area (TPSA) is 68.3 Å². The second-order valence-electron chi connectivity index (χ2n) is 6.69. The van der Waals surface area contributed by atoms with Crippen LogP contribution in [0.25, 0.3) is 16.3 Å². The summed E-state index contributed by atoms with van der Waals surface area (Å²) < 4.78 is 6.27. The largest absolute Gasteiger partial charge is 0.449 e. The number of thiazole rings is 1. The monoisotopic (exact) mass is 408 g/mol. The first-order valence-corrected chi connectivity index (χ1v) is 10.5. The van der Waals surface area contributed by atoms with Gasteiger partial charge in [0.1, 0.15) is 5.01 Å². The van der Waals surface area contributed by atoms with Gasteiger partial charge >= 0.3 is 5.97 Å². The van der Waals surface area contributed by atoms with Crippen LogP contribution in [0.1, 0.15) is 36.8 Å². The summed E-state index contributed by atoms with van der Waals surface area (Å²) in [6, 6.07) is 17.8. The van der Waals surface area contributed by atoms with Gasteiger partial charge in [-0.15, -0.1) is 11.3 Å². The maximum Gasteiger partial charge on any atom is 0.331 e. The van der Waals surface area contributed by atoms with Crippen molar-refractivity contribution < 1.29 is 14.3 Å². The van der Waals surface area contributed by atoms with Gasteiger partial charge in [0.15, 0.2) is 6.10 Å². The number of nitrogens with zero attached hydrogens (tertiary/aromatic N) is 1. The van der Waals surface area contributed by atoms with Crippen molar-refractivity contribution in [2.75, 3.05) is 6.54 Å². The van der Waals surface area contributed by atoms with Gasteiger partial charge in [0.25, 0.3) is 5.91 Å². The Kier molecular flexibility index (Phi) is 7.14. The van der Waals surface area contributed by atoms with Crippen LogP contribution in [-0.4, -0.2) is 29.5 Å². The molecule has 3 rings (SSSR count). The molecule has 0 aliphatic carbocycles. The van der Waals surface area contributed by atoms with Crippen molar-refractivity contribution in [3.63, 3.8) is 0 Å². The molecule has 1 aromatic heterocycles. The summed E-state index contributed by atoms with van der Waals surface area (Å²) in [4.78, 5) is 28.8. The molecular weight excluding hydrogens is 384 g/mol. The molecule has 29 heavy (non-hydrogen) atoms. The molecule has 1 amide bonds. The van der Waals surface area contributed by atoms with Crippen LogP contribution in [0.15, 0.2) is 60.7 Å². The van der Waals surface area contributed by atoms with E-state index in [0.29, 0.717) is 11.6 Å². The molecule has 0 radical (unpaired) electrons. The molecule has 0 bridgehead atoms. The average molecular weight is 409 g/mol. The van der Waals surface area contributed by atoms with Gasteiger partial charge in [-0.1, -0.05) is 49.4 Å². The molecule has 1 heterocycles. The fourth-order valence-electron chi connectivity index (χ4n) is 2.96. The van der Waals surface area contributed by atoms with Crippen molar-refractivity contribution in [1.82, 2.24) is 10.3 Å². The van der Waals surface area contributed by atoms with Crippen molar-refractivity contribution in [3.8, 4) is 0 Å². The minimum atomic E-state index is -0.865. The quantitative estimate of drug-likeness (QED) is 0.438. The third kappa shape index (κ3) is 5.74. The molecule has 5 nitrogen and oxygen atoms in total. The standard InChI is InChI=1S/C23H24N2O3S/c1-3-17(18-9-5-4-6-10-18)15-24-23(27)16(2)28-22(26)14-13-21-25-19-11-7-8-12-20(19)29-21/h4-14,16-17H,3,15H2,1-2H3,(H,24,27)/b14-13+/t16-,17+/m1/s1. The van der Waals surface area contributed by atoms with Gasteiger partial charge < -0.3 is 10.1 Å². The smallest absolute Gasteiger partial charge is 0.331 e. The molecule has 0 aliphatic heterocycles. The maximum absolute atomic E-state index is 12.3. The predicted octanol–water partition coefficient (Wildman–Crippen LogP) is 4.55. The fourth-order valence-corrected chi connectivity index (χ4v) is 3.83. The number of amides is 1. The Morgan fingerprint density at radius 3 is 2.59 bits per heavy atom. The predicted molar refractivity (Wildman–Crippen MR) is 117 cm³/mol. The molecule has 0 aliphatic rings. The molecular formula is C23H24N2O3S. The highest BCUT2D eigenvalue weighted by Gasteiger charge is 2.18. The van der Waals surface area contributed by atoms with E-state index >= 15 is 0 Å². The first-order chi connectivity index (χ1) is 14.1. The number of hydrogen-bond acceptors (Lipinski definition) is 5. The molecule has 0 fully saturated rings. The number of aromatic nitrogens is 1. The van der Waals surface area contributed by atoms with E-state index in [1.54, 1.807) is 13.0 Å². The Balaban J connectivity index is 1.50. The number of carbonyl (C=O) groups is 2. The molecule has 0 spiro atoms. The van der Waals surface area contributed by atoms with Gasteiger partial charge in [-0.25, -0.2) is 9.78 Å². The van der Waals surface area contributed by atoms with Crippen LogP contribution in [0.4, 0.5) is 0 Å². The van der Waals surface area contributed by atoms with E-state index in [4.69, 9.17) is 4.74 Å². The van der Waals surface area contributed by atoms with Crippen LogP contribution in [0.2, 0.25) is 0 Å². The molecule has 2 aromatic carbocycles. The fraction of sp³-hybridized carbons (Fsp3) is 0.261. The molecule has 0 unspecified atom stereocenters. The van der Waals surface area contributed by atoms with Gasteiger partial charge in [0, 0.05) is 18.5 Å². The second kappa shape index (κ2) is 9.98. The minimum absolute atomic E-state index is 0.224. The lowest BCUT2D eigenvalue weighted by Crippen LogP contribution is -2.37. The molecule has 3 aromatic rings. The number of hydrogen-bond donors (Lipinski definition) is 1. The van der Waals surface area contributed by atoms with Crippen LogP contribution in [0.5, 0.6) is 0 Å². The van der Waals surface area contributed by atoms with Crippen molar-refractivity contribution in [2.24, 2.45) is 0 Å². The van der Waals surface area contributed by atoms with Gasteiger partial charge in [-0.2, -0.15) is 0 Å². The number of carbonyl (C=O) groups excluding carboxylic acids is 2. The Hall–Kier alpha value is -2.99. The Labute approximate surface area is 174 Å². The lowest BCUT2D eigenvalue weighted by Gasteiger charge is -2.18. The lowest BCUT2D eigenvalue weighted by molar-refractivity contribution is -0.150. The number of fused-ring (bicyclic) bond motifs is 1. The molecule has 0 saturated carbocycles. The van der Waals surface area contributed by atoms with E-state index in [1.165, 1.54) is 23.0 Å². The van der Waals surface area contributed by atoms with Crippen molar-refractivity contribution in [2.45, 2.75) is 32.3 Å². The van der Waals surface area contributed by atoms with E-state index in [-0.39, 0.29) is 11.8 Å². The Bertz CT molecular complexity index is 965. The van der Waals surface area contributed by atoms with Crippen molar-refractivity contribution in [3.05, 3.63) is 71.2 Å². The van der Waals surface area contributed by atoms with Crippen LogP contribution in [-0.2, 0) is 14.3 Å². The molecule has 0 saturated heterocycles. The van der Waals surface area contributed by atoms with E-state index in [9.17, 15) is 9.59 Å². The van der Waals surface area contributed by atoms with E-state index in [0.717, 1.165) is 16.6 Å². The average Bonchev–Trinajstić information content (AvgIpc) is 3.16. The normalized spacial score (nSPS) is 13.3. The highest BCUT2D eigenvalue weighted by molar-refractivity contribution is 7.19. The number of benzene rings is 2. The number of ether oxygens (including phenoxy) is 1. The minimum Gasteiger partial charge on any atom is -0.449 e. The summed E-state index contributed by atoms with van der Waals surface area (Å²) in [5, 5.41) is 3.59. The molecule has 1 N–H and O–H groups in total. The van der Waals surface area contributed by atoms with Crippen LogP contribution >= 0.6 is 11.3 Å². The molecule has 6 heteroatoms. The van der Waals surface area contributed by atoms with Crippen molar-refractivity contribution >= 4 is 39.5 Å². The summed E-state index contributed by atoms with van der Waals surface area (Å²) in [5.41, 5.74) is 2.07. The van der Waals surface area contributed by atoms with Crippen LogP contribution in [0.3, 0.4) is 0 Å². The lowest BCUT2D eigenvalue weighted by atomic mass is 9.96. The maximum atomic E-state index is 12.3. The van der Waals surface area contributed by atoms with Crippen molar-refractivity contribution in [1.29, 1.82) is 0 Å². The number of esters is 1. The highest BCUT2D eigenvalue weighted by atomic mass is 32.1. The van der Waals surface area contributed by atoms with Gasteiger partial charge in [0.2, 0.25) is 0 Å². The van der Waals surface area contributed by atoms with Gasteiger partial charge in [-0.05, 0) is 37.1 Å². The zero-order chi connectivity index (χ0) is 20.6. The number of nitrogens with one attached hydrogen (secondary N) is 1. The first-order valence-electron chi connectivity index (χ1n) is 9.63. The summed E-state index contributed by atoms with van der Waals surface area (Å²) in [7, 11) is 0. The van der Waals surface area contributed by atoms with E-state index in [1.807, 2.05) is 42.5 Å². The van der Waals surface area contributed by atoms with Gasteiger partial charge in [-0.3, -0.25) is 4.79 Å².